The number of amides is 1. The van der Waals surface area contributed by atoms with Gasteiger partial charge in [-0.3, -0.25) is 4.79 Å². The lowest BCUT2D eigenvalue weighted by Crippen LogP contribution is -2.46. The summed E-state index contributed by atoms with van der Waals surface area (Å²) in [5, 5.41) is 5.81. The number of halogens is 3. The quantitative estimate of drug-likeness (QED) is 0.877. The van der Waals surface area contributed by atoms with E-state index in [1.165, 1.54) is 18.2 Å². The lowest BCUT2D eigenvalue weighted by atomic mass is 10.2. The Balaban J connectivity index is 1.88. The van der Waals surface area contributed by atoms with Gasteiger partial charge in [0.15, 0.2) is 0 Å². The van der Waals surface area contributed by atoms with Crippen molar-refractivity contribution in [2.45, 2.75) is 38.0 Å². The van der Waals surface area contributed by atoms with Crippen LogP contribution in [0.3, 0.4) is 0 Å². The molecule has 7 heteroatoms. The molecule has 0 saturated carbocycles. The number of rotatable bonds is 5. The van der Waals surface area contributed by atoms with Crippen molar-refractivity contribution in [3.63, 3.8) is 0 Å². The van der Waals surface area contributed by atoms with Crippen molar-refractivity contribution in [1.82, 2.24) is 10.6 Å². The molecule has 2 unspecified atom stereocenters. The minimum Gasteiger partial charge on any atom is -0.491 e. The van der Waals surface area contributed by atoms with E-state index in [0.717, 1.165) is 25.5 Å². The second-order valence-corrected chi connectivity index (χ2v) is 5.36. The highest BCUT2D eigenvalue weighted by Gasteiger charge is 2.34. The summed E-state index contributed by atoms with van der Waals surface area (Å²) >= 11 is 0. The van der Waals surface area contributed by atoms with Gasteiger partial charge in [0.1, 0.15) is 12.4 Å². The van der Waals surface area contributed by atoms with Crippen molar-refractivity contribution in [3.8, 4) is 5.75 Å². The van der Waals surface area contributed by atoms with E-state index in [4.69, 9.17) is 4.74 Å². The molecular weight excluding hydrogens is 297 g/mol. The summed E-state index contributed by atoms with van der Waals surface area (Å²) in [6, 6.07) is 4.45. The van der Waals surface area contributed by atoms with Crippen LogP contribution >= 0.6 is 0 Å². The highest BCUT2D eigenvalue weighted by molar-refractivity contribution is 5.82. The Labute approximate surface area is 127 Å². The molecule has 1 heterocycles. The highest BCUT2D eigenvalue weighted by Crippen LogP contribution is 2.35. The van der Waals surface area contributed by atoms with Crippen molar-refractivity contribution < 1.29 is 22.7 Å². The molecule has 22 heavy (non-hydrogen) atoms. The number of hydrogen-bond acceptors (Lipinski definition) is 3. The normalized spacial score (nSPS) is 19.7. The molecule has 2 N–H and O–H groups in total. The predicted molar refractivity (Wildman–Crippen MR) is 75.6 cm³/mol. The number of nitrogens with one attached hydrogen (secondary N) is 2. The molecule has 1 aliphatic rings. The summed E-state index contributed by atoms with van der Waals surface area (Å²) in [6.07, 6.45) is -2.74. The van der Waals surface area contributed by atoms with Crippen molar-refractivity contribution >= 4 is 5.91 Å². The van der Waals surface area contributed by atoms with Gasteiger partial charge in [0.05, 0.1) is 17.6 Å². The number of benzene rings is 1. The second-order valence-electron chi connectivity index (χ2n) is 5.36. The Bertz CT molecular complexity index is 514. The van der Waals surface area contributed by atoms with Gasteiger partial charge in [-0.2, -0.15) is 13.2 Å². The number of carbonyl (C=O) groups excluding carboxylic acids is 1. The van der Waals surface area contributed by atoms with E-state index >= 15 is 0 Å². The van der Waals surface area contributed by atoms with Crippen molar-refractivity contribution in [3.05, 3.63) is 29.8 Å². The summed E-state index contributed by atoms with van der Waals surface area (Å²) in [5.41, 5.74) is -0.814. The molecule has 2 atom stereocenters. The molecule has 4 nitrogen and oxygen atoms in total. The van der Waals surface area contributed by atoms with Gasteiger partial charge in [0, 0.05) is 0 Å². The fraction of sp³-hybridized carbons (Fsp3) is 0.533. The molecule has 2 rings (SSSR count). The van der Waals surface area contributed by atoms with E-state index in [-0.39, 0.29) is 30.3 Å². The zero-order chi connectivity index (χ0) is 16.2. The molecule has 0 spiro atoms. The monoisotopic (exact) mass is 316 g/mol. The Kier molecular flexibility index (Phi) is 5.28. The first kappa shape index (κ1) is 16.6. The van der Waals surface area contributed by atoms with Crippen LogP contribution in [-0.2, 0) is 11.0 Å². The van der Waals surface area contributed by atoms with E-state index < -0.39 is 11.7 Å². The average molecular weight is 316 g/mol. The molecule has 0 radical (unpaired) electrons. The van der Waals surface area contributed by atoms with E-state index in [1.54, 1.807) is 6.92 Å². The van der Waals surface area contributed by atoms with Gasteiger partial charge in [-0.15, -0.1) is 0 Å². The molecule has 1 saturated heterocycles. The van der Waals surface area contributed by atoms with Crippen LogP contribution in [0.2, 0.25) is 0 Å². The Morgan fingerprint density at radius 2 is 2.18 bits per heavy atom. The third kappa shape index (κ3) is 4.37. The Morgan fingerprint density at radius 3 is 2.82 bits per heavy atom. The van der Waals surface area contributed by atoms with E-state index in [9.17, 15) is 18.0 Å². The smallest absolute Gasteiger partial charge is 0.419 e. The maximum absolute atomic E-state index is 12.8. The molecule has 1 aromatic rings. The Hall–Kier alpha value is -1.76. The number of hydrogen-bond donors (Lipinski definition) is 2. The van der Waals surface area contributed by atoms with Crippen LogP contribution < -0.4 is 15.4 Å². The molecular formula is C15H19F3N2O2. The summed E-state index contributed by atoms with van der Waals surface area (Å²) in [6.45, 7) is 2.48. The predicted octanol–water partition coefficient (Wildman–Crippen LogP) is 2.34. The maximum atomic E-state index is 12.8. The third-order valence-corrected chi connectivity index (χ3v) is 3.45. The lowest BCUT2D eigenvalue weighted by Gasteiger charge is -2.19. The summed E-state index contributed by atoms with van der Waals surface area (Å²) < 4.78 is 43.7. The van der Waals surface area contributed by atoms with Crippen LogP contribution in [0.25, 0.3) is 0 Å². The zero-order valence-corrected chi connectivity index (χ0v) is 12.2. The number of para-hydroxylation sites is 1. The van der Waals surface area contributed by atoms with Crippen molar-refractivity contribution in [2.75, 3.05) is 13.2 Å². The van der Waals surface area contributed by atoms with Crippen LogP contribution in [0.5, 0.6) is 5.75 Å². The first-order chi connectivity index (χ1) is 10.4. The standard InChI is InChI=1S/C15H19F3N2O2/c1-10(20-14(21)12-6-4-8-19-12)9-22-13-7-3-2-5-11(13)15(16,17)18/h2-3,5,7,10,12,19H,4,6,8-9H2,1H3,(H,20,21). The van der Waals surface area contributed by atoms with Gasteiger partial charge < -0.3 is 15.4 Å². The first-order valence-corrected chi connectivity index (χ1v) is 7.20. The van der Waals surface area contributed by atoms with E-state index in [0.29, 0.717) is 0 Å². The van der Waals surface area contributed by atoms with Crippen molar-refractivity contribution in [2.24, 2.45) is 0 Å². The Morgan fingerprint density at radius 1 is 1.45 bits per heavy atom. The largest absolute Gasteiger partial charge is 0.491 e. The summed E-state index contributed by atoms with van der Waals surface area (Å²) in [7, 11) is 0. The van der Waals surface area contributed by atoms with Crippen molar-refractivity contribution in [1.29, 1.82) is 0 Å². The third-order valence-electron chi connectivity index (χ3n) is 3.45. The first-order valence-electron chi connectivity index (χ1n) is 7.20. The van der Waals surface area contributed by atoms with Gasteiger partial charge >= 0.3 is 6.18 Å². The van der Waals surface area contributed by atoms with Gasteiger partial charge in [0.25, 0.3) is 0 Å². The van der Waals surface area contributed by atoms with Gasteiger partial charge in [-0.25, -0.2) is 0 Å². The van der Waals surface area contributed by atoms with Crippen LogP contribution in [0.4, 0.5) is 13.2 Å². The molecule has 0 bridgehead atoms. The SMILES string of the molecule is CC(COc1ccccc1C(F)(F)F)NC(=O)C1CCCN1. The second kappa shape index (κ2) is 7.00. The maximum Gasteiger partial charge on any atom is 0.419 e. The zero-order valence-electron chi connectivity index (χ0n) is 12.2. The number of carbonyl (C=O) groups is 1. The molecule has 0 aromatic heterocycles. The molecule has 0 aliphatic carbocycles. The topological polar surface area (TPSA) is 50.4 Å². The molecule has 122 valence electrons. The summed E-state index contributed by atoms with van der Waals surface area (Å²) in [4.78, 5) is 11.9. The molecule has 1 aliphatic heterocycles. The van der Waals surface area contributed by atoms with E-state index in [1.807, 2.05) is 0 Å². The molecule has 1 amide bonds. The highest BCUT2D eigenvalue weighted by atomic mass is 19.4. The van der Waals surface area contributed by atoms with Gasteiger partial charge in [0.2, 0.25) is 5.91 Å². The fourth-order valence-electron chi connectivity index (χ4n) is 2.33. The van der Waals surface area contributed by atoms with Crippen LogP contribution in [0.15, 0.2) is 24.3 Å². The molecule has 1 fully saturated rings. The minimum absolute atomic E-state index is 0.0223. The van der Waals surface area contributed by atoms with Gasteiger partial charge in [-0.05, 0) is 38.4 Å². The van der Waals surface area contributed by atoms with Crippen LogP contribution in [0.1, 0.15) is 25.3 Å². The lowest BCUT2D eigenvalue weighted by molar-refractivity contribution is -0.139. The number of ether oxygens (including phenoxy) is 1. The fourth-order valence-corrected chi connectivity index (χ4v) is 2.33. The van der Waals surface area contributed by atoms with Crippen LogP contribution in [-0.4, -0.2) is 31.1 Å². The number of alkyl halides is 3. The minimum atomic E-state index is -4.46. The van der Waals surface area contributed by atoms with E-state index in [2.05, 4.69) is 10.6 Å². The summed E-state index contributed by atoms with van der Waals surface area (Å²) in [5.74, 6) is -0.368. The van der Waals surface area contributed by atoms with Gasteiger partial charge in [-0.1, -0.05) is 12.1 Å². The molecule has 1 aromatic carbocycles. The average Bonchev–Trinajstić information content (AvgIpc) is 2.98. The van der Waals surface area contributed by atoms with Crippen LogP contribution in [0, 0.1) is 0 Å².